The lowest BCUT2D eigenvalue weighted by molar-refractivity contribution is -0.137. The van der Waals surface area contributed by atoms with E-state index in [0.29, 0.717) is 28.2 Å². The second-order valence-electron chi connectivity index (χ2n) is 9.18. The van der Waals surface area contributed by atoms with Crippen molar-refractivity contribution in [2.75, 3.05) is 6.61 Å². The average Bonchev–Trinajstić information content (AvgIpc) is 3.23. The molecule has 0 aliphatic carbocycles. The third-order valence-electron chi connectivity index (χ3n) is 6.60. The van der Waals surface area contributed by atoms with Gasteiger partial charge >= 0.3 is 5.97 Å². The number of aromatic amines is 1. The van der Waals surface area contributed by atoms with Crippen molar-refractivity contribution in [3.63, 3.8) is 0 Å². The third kappa shape index (κ3) is 5.57. The lowest BCUT2D eigenvalue weighted by Gasteiger charge is -2.19. The summed E-state index contributed by atoms with van der Waals surface area (Å²) in [6.07, 6.45) is 1.90. The number of ether oxygens (including phenoxy) is 1. The predicted molar refractivity (Wildman–Crippen MR) is 142 cm³/mol. The maximum atomic E-state index is 13.6. The number of halogens is 2. The van der Waals surface area contributed by atoms with Crippen LogP contribution in [-0.4, -0.2) is 32.2 Å². The molecule has 5 aromatic rings. The van der Waals surface area contributed by atoms with E-state index in [9.17, 15) is 23.5 Å². The van der Waals surface area contributed by atoms with Crippen molar-refractivity contribution in [3.8, 4) is 5.75 Å². The SMILES string of the molecule is Cc1nc2c(OCCc3cc(C(c4ccc(F)cc4)c4ccc(F)cc4)c[nH]c3=O)cccc2n1CC(=O)O. The first-order chi connectivity index (χ1) is 18.8. The Morgan fingerprint density at radius 1 is 1.00 bits per heavy atom. The Balaban J connectivity index is 1.41. The minimum atomic E-state index is -0.970. The summed E-state index contributed by atoms with van der Waals surface area (Å²) in [7, 11) is 0. The molecule has 3 aromatic carbocycles. The number of benzene rings is 3. The molecule has 2 N–H and O–H groups in total. The van der Waals surface area contributed by atoms with E-state index in [0.717, 1.165) is 16.7 Å². The normalized spacial score (nSPS) is 11.3. The number of nitrogens with one attached hydrogen (secondary N) is 1. The van der Waals surface area contributed by atoms with E-state index in [-0.39, 0.29) is 42.7 Å². The quantitative estimate of drug-likeness (QED) is 0.274. The summed E-state index contributed by atoms with van der Waals surface area (Å²) in [5.74, 6) is -1.02. The highest BCUT2D eigenvalue weighted by atomic mass is 19.1. The molecule has 2 aromatic heterocycles. The number of pyridine rings is 1. The number of carboxylic acids is 1. The number of hydrogen-bond donors (Lipinski definition) is 2. The molecule has 0 saturated heterocycles. The number of carboxylic acid groups (broad SMARTS) is 1. The van der Waals surface area contributed by atoms with E-state index in [2.05, 4.69) is 9.97 Å². The standard InChI is InChI=1S/C30H25F2N3O4/c1-18-34-29-25(35(18)17-27(36)37)3-2-4-26(29)39-14-13-21-15-22(16-33-30(21)38)28(19-5-9-23(31)10-6-19)20-7-11-24(32)12-8-20/h2-12,15-16,28H,13-14,17H2,1H3,(H,33,38)(H,36,37). The molecule has 0 fully saturated rings. The van der Waals surface area contributed by atoms with E-state index >= 15 is 0 Å². The molecule has 0 spiro atoms. The highest BCUT2D eigenvalue weighted by molar-refractivity contribution is 5.84. The number of para-hydroxylation sites is 1. The molecule has 39 heavy (non-hydrogen) atoms. The lowest BCUT2D eigenvalue weighted by atomic mass is 9.85. The van der Waals surface area contributed by atoms with Crippen LogP contribution in [0.4, 0.5) is 8.78 Å². The van der Waals surface area contributed by atoms with Gasteiger partial charge in [0.1, 0.15) is 35.3 Å². The largest absolute Gasteiger partial charge is 0.491 e. The second-order valence-corrected chi connectivity index (χ2v) is 9.18. The molecule has 7 nitrogen and oxygen atoms in total. The zero-order valence-corrected chi connectivity index (χ0v) is 21.0. The van der Waals surface area contributed by atoms with Gasteiger partial charge in [-0.1, -0.05) is 30.3 Å². The number of nitrogens with zero attached hydrogens (tertiary/aromatic N) is 2. The first-order valence-electron chi connectivity index (χ1n) is 12.3. The summed E-state index contributed by atoms with van der Waals surface area (Å²) in [4.78, 5) is 31.2. The van der Waals surface area contributed by atoms with E-state index < -0.39 is 5.97 Å². The van der Waals surface area contributed by atoms with Crippen LogP contribution in [0.5, 0.6) is 5.75 Å². The molecule has 9 heteroatoms. The molecule has 0 radical (unpaired) electrons. The van der Waals surface area contributed by atoms with Gasteiger partial charge in [-0.15, -0.1) is 0 Å². The maximum absolute atomic E-state index is 13.6. The molecular formula is C30H25F2N3O4. The zero-order chi connectivity index (χ0) is 27.5. The van der Waals surface area contributed by atoms with Crippen LogP contribution in [0.1, 0.15) is 34.0 Å². The molecule has 0 atom stereocenters. The summed E-state index contributed by atoms with van der Waals surface area (Å²) in [5.41, 5.74) is 3.75. The summed E-state index contributed by atoms with van der Waals surface area (Å²) >= 11 is 0. The van der Waals surface area contributed by atoms with Crippen molar-refractivity contribution in [1.82, 2.24) is 14.5 Å². The fraction of sp³-hybridized carbons (Fsp3) is 0.167. The molecular weight excluding hydrogens is 504 g/mol. The van der Waals surface area contributed by atoms with Gasteiger partial charge in [0, 0.05) is 24.1 Å². The monoisotopic (exact) mass is 529 g/mol. The Bertz CT molecular complexity index is 1650. The van der Waals surface area contributed by atoms with Crippen molar-refractivity contribution in [3.05, 3.63) is 129 Å². The molecule has 0 bridgehead atoms. The molecule has 5 rings (SSSR count). The minimum Gasteiger partial charge on any atom is -0.491 e. The molecule has 0 saturated carbocycles. The van der Waals surface area contributed by atoms with Crippen molar-refractivity contribution in [2.45, 2.75) is 25.8 Å². The van der Waals surface area contributed by atoms with Gasteiger partial charge in [-0.2, -0.15) is 0 Å². The Kier molecular flexibility index (Phi) is 7.23. The number of H-pyrrole nitrogens is 1. The Morgan fingerprint density at radius 3 is 2.26 bits per heavy atom. The van der Waals surface area contributed by atoms with E-state index in [1.807, 2.05) is 0 Å². The van der Waals surface area contributed by atoms with Crippen LogP contribution in [0.3, 0.4) is 0 Å². The van der Waals surface area contributed by atoms with E-state index in [4.69, 9.17) is 4.74 Å². The molecule has 2 heterocycles. The van der Waals surface area contributed by atoms with Crippen molar-refractivity contribution in [1.29, 1.82) is 0 Å². The Hall–Kier alpha value is -4.79. The average molecular weight is 530 g/mol. The summed E-state index contributed by atoms with van der Waals surface area (Å²) < 4.78 is 34.9. The van der Waals surface area contributed by atoms with Gasteiger partial charge in [-0.05, 0) is 66.1 Å². The van der Waals surface area contributed by atoms with Crippen LogP contribution in [-0.2, 0) is 17.8 Å². The van der Waals surface area contributed by atoms with Crippen molar-refractivity contribution >= 4 is 17.0 Å². The molecule has 0 amide bonds. The van der Waals surface area contributed by atoms with Gasteiger partial charge in [0.15, 0.2) is 0 Å². The summed E-state index contributed by atoms with van der Waals surface area (Å²) in [5, 5.41) is 9.22. The number of rotatable bonds is 9. The van der Waals surface area contributed by atoms with Crippen LogP contribution < -0.4 is 10.3 Å². The first-order valence-corrected chi connectivity index (χ1v) is 12.3. The number of imidazole rings is 1. The molecule has 0 unspecified atom stereocenters. The smallest absolute Gasteiger partial charge is 0.323 e. The van der Waals surface area contributed by atoms with Gasteiger partial charge in [0.2, 0.25) is 0 Å². The maximum Gasteiger partial charge on any atom is 0.323 e. The zero-order valence-electron chi connectivity index (χ0n) is 21.0. The highest BCUT2D eigenvalue weighted by Gasteiger charge is 2.19. The Labute approximate surface area is 222 Å². The lowest BCUT2D eigenvalue weighted by Crippen LogP contribution is -2.17. The number of aryl methyl sites for hydroxylation is 1. The van der Waals surface area contributed by atoms with Gasteiger partial charge in [-0.25, -0.2) is 13.8 Å². The molecule has 0 aliphatic heterocycles. The highest BCUT2D eigenvalue weighted by Crippen LogP contribution is 2.32. The van der Waals surface area contributed by atoms with Crippen molar-refractivity contribution < 1.29 is 23.4 Å². The fourth-order valence-electron chi connectivity index (χ4n) is 4.75. The van der Waals surface area contributed by atoms with E-state index in [1.165, 1.54) is 24.3 Å². The second kappa shape index (κ2) is 10.9. The van der Waals surface area contributed by atoms with E-state index in [1.54, 1.807) is 66.2 Å². The van der Waals surface area contributed by atoms with Crippen LogP contribution in [0.2, 0.25) is 0 Å². The predicted octanol–water partition coefficient (Wildman–Crippen LogP) is 5.20. The number of aliphatic carboxylic acids is 1. The van der Waals surface area contributed by atoms with Gasteiger partial charge in [0.05, 0.1) is 12.1 Å². The van der Waals surface area contributed by atoms with Crippen LogP contribution in [0, 0.1) is 18.6 Å². The first kappa shape index (κ1) is 25.8. The van der Waals surface area contributed by atoms with Crippen molar-refractivity contribution in [2.24, 2.45) is 0 Å². The van der Waals surface area contributed by atoms with Crippen LogP contribution in [0.15, 0.2) is 83.8 Å². The summed E-state index contributed by atoms with van der Waals surface area (Å²) in [6.45, 7) is 1.70. The van der Waals surface area contributed by atoms with Crippen LogP contribution >= 0.6 is 0 Å². The van der Waals surface area contributed by atoms with Gasteiger partial charge in [-0.3, -0.25) is 9.59 Å². The topological polar surface area (TPSA) is 97.2 Å². The number of hydrogen-bond acceptors (Lipinski definition) is 4. The Morgan fingerprint density at radius 2 is 1.64 bits per heavy atom. The number of carbonyl (C=O) groups is 1. The van der Waals surface area contributed by atoms with Crippen LogP contribution in [0.25, 0.3) is 11.0 Å². The minimum absolute atomic E-state index is 0.175. The molecule has 198 valence electrons. The third-order valence-corrected chi connectivity index (χ3v) is 6.60. The van der Waals surface area contributed by atoms with Gasteiger partial charge in [0.25, 0.3) is 5.56 Å². The molecule has 0 aliphatic rings. The fourth-order valence-corrected chi connectivity index (χ4v) is 4.75. The number of fused-ring (bicyclic) bond motifs is 1. The summed E-state index contributed by atoms with van der Waals surface area (Å²) in [6, 6.07) is 19.2. The number of aromatic nitrogens is 3. The van der Waals surface area contributed by atoms with Gasteiger partial charge < -0.3 is 19.4 Å².